The summed E-state index contributed by atoms with van der Waals surface area (Å²) in [6.07, 6.45) is 1.20. The Kier molecular flexibility index (Phi) is 6.64. The highest BCUT2D eigenvalue weighted by atomic mass is 32.2. The molecule has 0 atom stereocenters. The molecule has 0 spiro atoms. The summed E-state index contributed by atoms with van der Waals surface area (Å²) in [7, 11) is -3.39. The molecule has 8 heteroatoms. The molecule has 0 aliphatic heterocycles. The number of rotatable bonds is 7. The second-order valence-corrected chi connectivity index (χ2v) is 9.56. The number of benzene rings is 3. The van der Waals surface area contributed by atoms with Crippen LogP contribution in [-0.2, 0) is 16.4 Å². The van der Waals surface area contributed by atoms with Crippen LogP contribution < -0.4 is 16.4 Å². The lowest BCUT2D eigenvalue weighted by Crippen LogP contribution is -2.13. The molecule has 0 bridgehead atoms. The van der Waals surface area contributed by atoms with E-state index in [1.807, 2.05) is 13.0 Å². The maximum Gasteiger partial charge on any atom is 0.255 e. The van der Waals surface area contributed by atoms with Crippen molar-refractivity contribution < 1.29 is 18.0 Å². The van der Waals surface area contributed by atoms with Crippen LogP contribution in [-0.4, -0.2) is 26.5 Å². The van der Waals surface area contributed by atoms with Crippen molar-refractivity contribution in [1.82, 2.24) is 0 Å². The van der Waals surface area contributed by atoms with Crippen LogP contribution in [0.1, 0.15) is 37.4 Å². The number of amides is 2. The van der Waals surface area contributed by atoms with Crippen molar-refractivity contribution in [2.75, 3.05) is 16.9 Å². The number of carbonyl (C=O) groups excluding carboxylic acids is 2. The van der Waals surface area contributed by atoms with E-state index in [0.29, 0.717) is 33.9 Å². The Morgan fingerprint density at radius 2 is 1.47 bits per heavy atom. The highest BCUT2D eigenvalue weighted by Gasteiger charge is 2.17. The molecule has 3 aromatic carbocycles. The van der Waals surface area contributed by atoms with Gasteiger partial charge in [-0.3, -0.25) is 9.59 Å². The Morgan fingerprint density at radius 1 is 0.875 bits per heavy atom. The number of nitrogens with two attached hydrogens (primary N) is 1. The molecule has 32 heavy (non-hydrogen) atoms. The van der Waals surface area contributed by atoms with Gasteiger partial charge in [0.05, 0.1) is 10.6 Å². The van der Waals surface area contributed by atoms with E-state index in [0.717, 1.165) is 16.7 Å². The van der Waals surface area contributed by atoms with Crippen LogP contribution in [0.25, 0.3) is 0 Å². The number of hydrogen-bond acceptors (Lipinski definition) is 5. The highest BCUT2D eigenvalue weighted by Crippen LogP contribution is 2.28. The molecule has 0 unspecified atom stereocenters. The number of aryl methyl sites for hydroxylation is 1. The van der Waals surface area contributed by atoms with Gasteiger partial charge in [0.15, 0.2) is 9.84 Å². The van der Waals surface area contributed by atoms with Gasteiger partial charge in [-0.15, -0.1) is 0 Å². The second-order valence-electron chi connectivity index (χ2n) is 7.60. The summed E-state index contributed by atoms with van der Waals surface area (Å²) in [6, 6.07) is 17.0. The first kappa shape index (κ1) is 23.0. The summed E-state index contributed by atoms with van der Waals surface area (Å²) in [5.41, 5.74) is 9.68. The van der Waals surface area contributed by atoms with Gasteiger partial charge < -0.3 is 16.4 Å². The van der Waals surface area contributed by atoms with Gasteiger partial charge in [0, 0.05) is 29.6 Å². The second kappa shape index (κ2) is 9.23. The van der Waals surface area contributed by atoms with Crippen molar-refractivity contribution in [3.8, 4) is 0 Å². The van der Waals surface area contributed by atoms with E-state index in [1.165, 1.54) is 6.26 Å². The van der Waals surface area contributed by atoms with Crippen LogP contribution >= 0.6 is 0 Å². The van der Waals surface area contributed by atoms with Gasteiger partial charge in [0.1, 0.15) is 0 Å². The Labute approximate surface area is 187 Å². The van der Waals surface area contributed by atoms with Crippen molar-refractivity contribution in [1.29, 1.82) is 0 Å². The molecule has 2 amide bonds. The summed E-state index contributed by atoms with van der Waals surface area (Å²) in [6.45, 7) is 4.08. The molecule has 4 N–H and O–H groups in total. The van der Waals surface area contributed by atoms with Gasteiger partial charge in [0.25, 0.3) is 5.91 Å². The Morgan fingerprint density at radius 3 is 2.03 bits per heavy atom. The van der Waals surface area contributed by atoms with Gasteiger partial charge >= 0.3 is 0 Å². The lowest BCUT2D eigenvalue weighted by Gasteiger charge is -2.15. The monoisotopic (exact) mass is 451 g/mol. The van der Waals surface area contributed by atoms with E-state index in [-0.39, 0.29) is 5.91 Å². The summed E-state index contributed by atoms with van der Waals surface area (Å²) in [5, 5.41) is 5.95. The Balaban J connectivity index is 1.68. The maximum absolute atomic E-state index is 12.5. The number of hydrogen-bond donors (Lipinski definition) is 3. The van der Waals surface area contributed by atoms with Crippen molar-refractivity contribution in [3.05, 3.63) is 88.5 Å². The zero-order valence-electron chi connectivity index (χ0n) is 18.1. The fourth-order valence-electron chi connectivity index (χ4n) is 3.30. The van der Waals surface area contributed by atoms with E-state index in [9.17, 15) is 18.0 Å². The van der Waals surface area contributed by atoms with E-state index in [4.69, 9.17) is 5.73 Å². The quantitative estimate of drug-likeness (QED) is 0.506. The molecule has 3 rings (SSSR count). The molecule has 3 aromatic rings. The average Bonchev–Trinajstić information content (AvgIpc) is 2.74. The van der Waals surface area contributed by atoms with Gasteiger partial charge in [-0.2, -0.15) is 0 Å². The zero-order valence-corrected chi connectivity index (χ0v) is 18.9. The fourth-order valence-corrected chi connectivity index (χ4v) is 4.56. The average molecular weight is 452 g/mol. The molecule has 0 aliphatic carbocycles. The molecule has 166 valence electrons. The van der Waals surface area contributed by atoms with E-state index >= 15 is 0 Å². The molecule has 0 radical (unpaired) electrons. The summed E-state index contributed by atoms with van der Waals surface area (Å²) >= 11 is 0. The van der Waals surface area contributed by atoms with E-state index in [2.05, 4.69) is 10.6 Å². The summed E-state index contributed by atoms with van der Waals surface area (Å²) in [4.78, 5) is 23.9. The predicted octanol–water partition coefficient (Wildman–Crippen LogP) is 3.67. The van der Waals surface area contributed by atoms with Crippen molar-refractivity contribution in [2.45, 2.75) is 25.3 Å². The van der Waals surface area contributed by atoms with Crippen LogP contribution in [0.5, 0.6) is 0 Å². The van der Waals surface area contributed by atoms with E-state index in [1.54, 1.807) is 61.5 Å². The maximum atomic E-state index is 12.5. The third kappa shape index (κ3) is 5.33. The standard InChI is InChI=1S/C24H25N3O4S/c1-15-4-13-21(22(16(15)2)32(3,30)31)26-14-17-5-7-19(8-6-17)24(29)27-20-11-9-18(10-12-20)23(25)28/h4-13,26H,14H2,1-3H3,(H2,25,28)(H,27,29). The third-order valence-corrected chi connectivity index (χ3v) is 6.44. The minimum atomic E-state index is -3.39. The van der Waals surface area contributed by atoms with Crippen molar-refractivity contribution in [2.24, 2.45) is 5.73 Å². The largest absolute Gasteiger partial charge is 0.380 e. The van der Waals surface area contributed by atoms with Crippen LogP contribution in [0.3, 0.4) is 0 Å². The van der Waals surface area contributed by atoms with Gasteiger partial charge in [-0.05, 0) is 73.0 Å². The third-order valence-electron chi connectivity index (χ3n) is 5.17. The molecule has 0 saturated carbocycles. The number of carbonyl (C=O) groups is 2. The van der Waals surface area contributed by atoms with Crippen molar-refractivity contribution >= 4 is 33.0 Å². The Bertz CT molecular complexity index is 1270. The molecule has 0 saturated heterocycles. The number of anilines is 2. The minimum Gasteiger partial charge on any atom is -0.380 e. The topological polar surface area (TPSA) is 118 Å². The first-order chi connectivity index (χ1) is 15.1. The van der Waals surface area contributed by atoms with Crippen LogP contribution in [0, 0.1) is 13.8 Å². The molecule has 0 fully saturated rings. The molecule has 7 nitrogen and oxygen atoms in total. The van der Waals surface area contributed by atoms with E-state index < -0.39 is 15.7 Å². The summed E-state index contributed by atoms with van der Waals surface area (Å²) in [5.74, 6) is -0.818. The highest BCUT2D eigenvalue weighted by molar-refractivity contribution is 7.91. The predicted molar refractivity (Wildman–Crippen MR) is 126 cm³/mol. The first-order valence-corrected chi connectivity index (χ1v) is 11.8. The SMILES string of the molecule is Cc1ccc(NCc2ccc(C(=O)Nc3ccc(C(N)=O)cc3)cc2)c(S(C)(=O)=O)c1C. The smallest absolute Gasteiger partial charge is 0.255 e. The molecule has 0 heterocycles. The minimum absolute atomic E-state index is 0.287. The lowest BCUT2D eigenvalue weighted by atomic mass is 10.1. The van der Waals surface area contributed by atoms with Crippen LogP contribution in [0.2, 0.25) is 0 Å². The molecular formula is C24H25N3O4S. The Hall–Kier alpha value is -3.65. The number of primary amides is 1. The normalized spacial score (nSPS) is 11.1. The fraction of sp³-hybridized carbons (Fsp3) is 0.167. The van der Waals surface area contributed by atoms with Gasteiger partial charge in [-0.1, -0.05) is 18.2 Å². The molecule has 0 aliphatic rings. The number of sulfone groups is 1. The molecular weight excluding hydrogens is 426 g/mol. The van der Waals surface area contributed by atoms with Gasteiger partial charge in [-0.25, -0.2) is 8.42 Å². The zero-order chi connectivity index (χ0) is 23.5. The van der Waals surface area contributed by atoms with Crippen LogP contribution in [0.4, 0.5) is 11.4 Å². The van der Waals surface area contributed by atoms with Crippen molar-refractivity contribution in [3.63, 3.8) is 0 Å². The first-order valence-electron chi connectivity index (χ1n) is 9.90. The summed E-state index contributed by atoms with van der Waals surface area (Å²) < 4.78 is 24.5. The van der Waals surface area contributed by atoms with Gasteiger partial charge in [0.2, 0.25) is 5.91 Å². The van der Waals surface area contributed by atoms with Crippen LogP contribution in [0.15, 0.2) is 65.6 Å². The number of nitrogens with one attached hydrogen (secondary N) is 2. The lowest BCUT2D eigenvalue weighted by molar-refractivity contribution is 0.0998. The molecule has 0 aromatic heterocycles.